The molecule has 0 fully saturated rings. The summed E-state index contributed by atoms with van der Waals surface area (Å²) in [5.74, 6) is -1.34. The molecule has 0 spiro atoms. The smallest absolute Gasteiger partial charge is 0.449 e. The average Bonchev–Trinajstić information content (AvgIpc) is 2.51. The predicted molar refractivity (Wildman–Crippen MR) is 82.6 cm³/mol. The first kappa shape index (κ1) is 17.8. The zero-order valence-corrected chi connectivity index (χ0v) is 13.2. The van der Waals surface area contributed by atoms with Crippen LogP contribution in [0.15, 0.2) is 47.2 Å². The third-order valence-electron chi connectivity index (χ3n) is 3.45. The molecule has 0 radical (unpaired) electrons. The quantitative estimate of drug-likeness (QED) is 0.423. The van der Waals surface area contributed by atoms with E-state index in [1.54, 1.807) is 0 Å². The van der Waals surface area contributed by atoms with Crippen molar-refractivity contribution in [2.24, 2.45) is 0 Å². The van der Waals surface area contributed by atoms with E-state index in [1.165, 1.54) is 38.1 Å². The number of allylic oxidation sites excluding steroid dienone is 2. The van der Waals surface area contributed by atoms with Gasteiger partial charge in [-0.15, -0.1) is 0 Å². The number of nitrogens with zero attached hydrogens (tertiary/aromatic N) is 1. The van der Waals surface area contributed by atoms with E-state index in [0.29, 0.717) is 11.4 Å². The van der Waals surface area contributed by atoms with Gasteiger partial charge < -0.3 is 25.0 Å². The molecule has 0 saturated heterocycles. The highest BCUT2D eigenvalue weighted by atomic mass is 16.7. The predicted octanol–water partition coefficient (Wildman–Crippen LogP) is 3.13. The van der Waals surface area contributed by atoms with Crippen LogP contribution in [0.5, 0.6) is 0 Å². The van der Waals surface area contributed by atoms with Gasteiger partial charge in [0.2, 0.25) is 0 Å². The Labute approximate surface area is 141 Å². The van der Waals surface area contributed by atoms with Gasteiger partial charge in [-0.05, 0) is 19.4 Å². The molecule has 0 atom stereocenters. The van der Waals surface area contributed by atoms with Crippen molar-refractivity contribution in [2.75, 3.05) is 0 Å². The van der Waals surface area contributed by atoms with Gasteiger partial charge in [-0.3, -0.25) is 10.1 Å². The lowest BCUT2D eigenvalue weighted by molar-refractivity contribution is -0.384. The Balaban J connectivity index is 2.63. The van der Waals surface area contributed by atoms with Gasteiger partial charge in [-0.25, -0.2) is 9.59 Å². The number of nitro groups is 1. The van der Waals surface area contributed by atoms with E-state index in [-0.39, 0.29) is 22.8 Å². The fraction of sp³-hybridized carbons (Fsp3) is 0.200. The van der Waals surface area contributed by atoms with Gasteiger partial charge in [-0.1, -0.05) is 12.1 Å². The lowest BCUT2D eigenvalue weighted by atomic mass is 9.90. The summed E-state index contributed by atoms with van der Waals surface area (Å²) >= 11 is 0. The van der Waals surface area contributed by atoms with Gasteiger partial charge in [0.15, 0.2) is 0 Å². The van der Waals surface area contributed by atoms with Crippen LogP contribution in [0.1, 0.15) is 25.3 Å². The lowest BCUT2D eigenvalue weighted by Gasteiger charge is -2.29. The molecular formula is C15H14N2O8. The number of carboxylic acid groups (broad SMARTS) is 2. The molecule has 25 heavy (non-hydrogen) atoms. The molecule has 1 aliphatic rings. The van der Waals surface area contributed by atoms with E-state index in [0.717, 1.165) is 0 Å². The molecule has 1 aromatic carbocycles. The van der Waals surface area contributed by atoms with Gasteiger partial charge in [0.1, 0.15) is 17.4 Å². The first-order valence-electron chi connectivity index (χ1n) is 6.95. The summed E-state index contributed by atoms with van der Waals surface area (Å²) in [7, 11) is 0. The summed E-state index contributed by atoms with van der Waals surface area (Å²) in [5.41, 5.74) is 0.640. The van der Waals surface area contributed by atoms with Crippen molar-refractivity contribution in [1.82, 2.24) is 5.32 Å². The Morgan fingerprint density at radius 2 is 1.64 bits per heavy atom. The zero-order valence-electron chi connectivity index (χ0n) is 13.2. The van der Waals surface area contributed by atoms with Crippen LogP contribution in [-0.4, -0.2) is 27.4 Å². The maximum Gasteiger partial charge on any atom is 0.511 e. The fourth-order valence-electron chi connectivity index (χ4n) is 2.54. The van der Waals surface area contributed by atoms with E-state index in [4.69, 9.17) is 19.7 Å². The number of ether oxygens (including phenoxy) is 2. The molecule has 1 aliphatic heterocycles. The molecular weight excluding hydrogens is 336 g/mol. The maximum atomic E-state index is 11.0. The van der Waals surface area contributed by atoms with E-state index in [9.17, 15) is 19.7 Å². The molecule has 2 rings (SSSR count). The molecule has 0 bridgehead atoms. The van der Waals surface area contributed by atoms with Crippen molar-refractivity contribution in [2.45, 2.75) is 19.8 Å². The van der Waals surface area contributed by atoms with Crippen molar-refractivity contribution in [3.63, 3.8) is 0 Å². The molecule has 10 nitrogen and oxygen atoms in total. The minimum absolute atomic E-state index is 0.130. The highest BCUT2D eigenvalue weighted by Crippen LogP contribution is 2.40. The molecule has 0 amide bonds. The number of benzene rings is 1. The second-order valence-electron chi connectivity index (χ2n) is 5.12. The monoisotopic (exact) mass is 350 g/mol. The van der Waals surface area contributed by atoms with E-state index in [1.807, 2.05) is 0 Å². The van der Waals surface area contributed by atoms with Crippen LogP contribution < -0.4 is 5.32 Å². The van der Waals surface area contributed by atoms with Gasteiger partial charge in [0.05, 0.1) is 16.3 Å². The SMILES string of the molecule is CC1=C(OC(=O)O)C(c2cccc([N+](=O)[O-])c2)C(OC(=O)O)=C(C)N1. The van der Waals surface area contributed by atoms with Crippen LogP contribution in [0.25, 0.3) is 0 Å². The largest absolute Gasteiger partial charge is 0.511 e. The molecule has 0 unspecified atom stereocenters. The van der Waals surface area contributed by atoms with E-state index >= 15 is 0 Å². The zero-order chi connectivity index (χ0) is 18.7. The summed E-state index contributed by atoms with van der Waals surface area (Å²) in [4.78, 5) is 32.4. The van der Waals surface area contributed by atoms with Crippen LogP contribution in [0.3, 0.4) is 0 Å². The van der Waals surface area contributed by atoms with E-state index < -0.39 is 23.2 Å². The molecule has 1 aromatic rings. The van der Waals surface area contributed by atoms with Crippen LogP contribution >= 0.6 is 0 Å². The molecule has 1 heterocycles. The topological polar surface area (TPSA) is 148 Å². The third-order valence-corrected chi connectivity index (χ3v) is 3.45. The Bertz CT molecular complexity index is 774. The Morgan fingerprint density at radius 3 is 2.08 bits per heavy atom. The van der Waals surface area contributed by atoms with Crippen molar-refractivity contribution >= 4 is 18.0 Å². The summed E-state index contributed by atoms with van der Waals surface area (Å²) in [6.07, 6.45) is -3.22. The van der Waals surface area contributed by atoms with Gasteiger partial charge in [0.25, 0.3) is 5.69 Å². The highest BCUT2D eigenvalue weighted by Gasteiger charge is 2.35. The normalized spacial score (nSPS) is 14.8. The van der Waals surface area contributed by atoms with Crippen LogP contribution in [-0.2, 0) is 9.47 Å². The first-order valence-corrected chi connectivity index (χ1v) is 6.95. The summed E-state index contributed by atoms with van der Waals surface area (Å²) in [6, 6.07) is 5.34. The van der Waals surface area contributed by atoms with E-state index in [2.05, 4.69) is 5.32 Å². The number of non-ortho nitro benzene ring substituents is 1. The lowest BCUT2D eigenvalue weighted by Crippen LogP contribution is -2.28. The van der Waals surface area contributed by atoms with Gasteiger partial charge in [0, 0.05) is 12.1 Å². The molecule has 0 aromatic heterocycles. The second-order valence-corrected chi connectivity index (χ2v) is 5.12. The minimum Gasteiger partial charge on any atom is -0.449 e. The number of carbonyl (C=O) groups is 2. The molecule has 10 heteroatoms. The summed E-state index contributed by atoms with van der Waals surface area (Å²) in [5, 5.41) is 31.7. The van der Waals surface area contributed by atoms with Crippen LogP contribution in [0, 0.1) is 10.1 Å². The first-order chi connectivity index (χ1) is 11.7. The molecule has 3 N–H and O–H groups in total. The Hall–Kier alpha value is -3.56. The number of nitrogens with one attached hydrogen (secondary N) is 1. The molecule has 0 aliphatic carbocycles. The number of hydrogen-bond acceptors (Lipinski definition) is 7. The second kappa shape index (κ2) is 6.91. The number of hydrogen-bond donors (Lipinski definition) is 3. The van der Waals surface area contributed by atoms with Crippen LogP contribution in [0.2, 0.25) is 0 Å². The van der Waals surface area contributed by atoms with Crippen molar-refractivity contribution in [3.05, 3.63) is 62.9 Å². The number of rotatable bonds is 4. The fourth-order valence-corrected chi connectivity index (χ4v) is 2.54. The maximum absolute atomic E-state index is 11.0. The minimum atomic E-state index is -1.61. The molecule has 132 valence electrons. The number of nitro benzene ring substituents is 1. The van der Waals surface area contributed by atoms with Crippen LogP contribution in [0.4, 0.5) is 15.3 Å². The number of dihydropyridines is 1. The Morgan fingerprint density at radius 1 is 1.12 bits per heavy atom. The highest BCUT2D eigenvalue weighted by molar-refractivity contribution is 5.63. The summed E-state index contributed by atoms with van der Waals surface area (Å²) in [6.45, 7) is 3.06. The standard InChI is InChI=1S/C15H14N2O8/c1-7-12(24-14(18)19)11(13(8(2)16-7)25-15(20)21)9-4-3-5-10(6-9)17(22)23/h3-6,11,16H,1-2H3,(H,18,19)(H,20,21). The molecule has 0 saturated carbocycles. The van der Waals surface area contributed by atoms with Gasteiger partial charge in [-0.2, -0.15) is 0 Å². The average molecular weight is 350 g/mol. The van der Waals surface area contributed by atoms with Gasteiger partial charge >= 0.3 is 12.3 Å². The van der Waals surface area contributed by atoms with Crippen molar-refractivity contribution in [1.29, 1.82) is 0 Å². The summed E-state index contributed by atoms with van der Waals surface area (Å²) < 4.78 is 9.58. The van der Waals surface area contributed by atoms with Crippen molar-refractivity contribution in [3.8, 4) is 0 Å². The third kappa shape index (κ3) is 3.86. The van der Waals surface area contributed by atoms with Crippen molar-refractivity contribution < 1.29 is 34.2 Å². The Kier molecular flexibility index (Phi) is 4.92.